The molecular weight excluding hydrogens is 379 g/mol. The summed E-state index contributed by atoms with van der Waals surface area (Å²) in [6, 6.07) is 6.23. The average Bonchev–Trinajstić information content (AvgIpc) is 3.30. The van der Waals surface area contributed by atoms with Crippen LogP contribution in [0.3, 0.4) is 0 Å². The molecule has 2 fully saturated rings. The molecule has 0 radical (unpaired) electrons. The summed E-state index contributed by atoms with van der Waals surface area (Å²) in [4.78, 5) is 15.2. The number of aromatic nitrogens is 2. The Morgan fingerprint density at radius 2 is 1.86 bits per heavy atom. The van der Waals surface area contributed by atoms with Crippen LogP contribution in [0.25, 0.3) is 5.69 Å². The molecular formula is C21H28ClFN4O. The molecule has 0 unspecified atom stereocenters. The van der Waals surface area contributed by atoms with Crippen molar-refractivity contribution in [2.75, 3.05) is 26.2 Å². The highest BCUT2D eigenvalue weighted by Crippen LogP contribution is 2.37. The molecule has 7 heteroatoms. The Bertz CT molecular complexity index is 817. The lowest BCUT2D eigenvalue weighted by atomic mass is 9.77. The molecule has 1 aromatic carbocycles. The lowest BCUT2D eigenvalue weighted by Crippen LogP contribution is -2.44. The Morgan fingerprint density at radius 1 is 1.18 bits per heavy atom. The average molecular weight is 407 g/mol. The van der Waals surface area contributed by atoms with Crippen LogP contribution in [0.2, 0.25) is 0 Å². The van der Waals surface area contributed by atoms with Gasteiger partial charge < -0.3 is 10.2 Å². The Balaban J connectivity index is 0.00000225. The summed E-state index contributed by atoms with van der Waals surface area (Å²) >= 11 is 0. The molecule has 0 bridgehead atoms. The van der Waals surface area contributed by atoms with E-state index in [0.29, 0.717) is 11.0 Å². The van der Waals surface area contributed by atoms with Crippen molar-refractivity contribution in [2.45, 2.75) is 39.0 Å². The zero-order valence-corrected chi connectivity index (χ0v) is 17.3. The van der Waals surface area contributed by atoms with E-state index in [1.807, 2.05) is 4.90 Å². The lowest BCUT2D eigenvalue weighted by Gasteiger charge is -2.39. The summed E-state index contributed by atoms with van der Waals surface area (Å²) < 4.78 is 15.0. The molecule has 1 spiro atoms. The number of carbonyl (C=O) groups excluding carboxylic acids is 1. The van der Waals surface area contributed by atoms with Crippen molar-refractivity contribution in [3.63, 3.8) is 0 Å². The van der Waals surface area contributed by atoms with Gasteiger partial charge in [0, 0.05) is 19.6 Å². The van der Waals surface area contributed by atoms with Crippen molar-refractivity contribution in [3.05, 3.63) is 47.5 Å². The molecule has 2 saturated heterocycles. The molecule has 0 atom stereocenters. The van der Waals surface area contributed by atoms with Gasteiger partial charge in [0.05, 0.1) is 23.1 Å². The number of carbonyl (C=O) groups is 1. The third kappa shape index (κ3) is 3.80. The number of amides is 1. The second-order valence-corrected chi connectivity index (χ2v) is 8.21. The van der Waals surface area contributed by atoms with Crippen LogP contribution in [0.1, 0.15) is 55.1 Å². The number of halogens is 2. The van der Waals surface area contributed by atoms with Crippen LogP contribution >= 0.6 is 12.4 Å². The highest BCUT2D eigenvalue weighted by Gasteiger charge is 2.38. The molecule has 2 aliphatic rings. The van der Waals surface area contributed by atoms with Gasteiger partial charge in [-0.05, 0) is 61.4 Å². The molecule has 2 aliphatic heterocycles. The number of benzene rings is 1. The van der Waals surface area contributed by atoms with Crippen LogP contribution in [0, 0.1) is 11.2 Å². The zero-order chi connectivity index (χ0) is 19.0. The fourth-order valence-electron chi connectivity index (χ4n) is 4.44. The number of likely N-dealkylation sites (tertiary alicyclic amines) is 1. The maximum absolute atomic E-state index is 13.3. The lowest BCUT2D eigenvalue weighted by molar-refractivity contribution is 0.0606. The number of hydrogen-bond acceptors (Lipinski definition) is 3. The summed E-state index contributed by atoms with van der Waals surface area (Å²) in [5.74, 6) is -0.0866. The molecule has 0 saturated carbocycles. The van der Waals surface area contributed by atoms with E-state index in [-0.39, 0.29) is 30.0 Å². The topological polar surface area (TPSA) is 50.2 Å². The van der Waals surface area contributed by atoms with E-state index in [2.05, 4.69) is 24.3 Å². The quantitative estimate of drug-likeness (QED) is 0.844. The third-order valence-corrected chi connectivity index (χ3v) is 6.10. The molecule has 152 valence electrons. The monoisotopic (exact) mass is 406 g/mol. The van der Waals surface area contributed by atoms with Gasteiger partial charge in [0.25, 0.3) is 5.91 Å². The molecule has 1 amide bonds. The first-order valence-corrected chi connectivity index (χ1v) is 9.83. The minimum absolute atomic E-state index is 0. The first kappa shape index (κ1) is 20.8. The summed E-state index contributed by atoms with van der Waals surface area (Å²) in [5.41, 5.74) is 2.70. The van der Waals surface area contributed by atoms with Crippen molar-refractivity contribution >= 4 is 18.3 Å². The molecule has 28 heavy (non-hydrogen) atoms. The van der Waals surface area contributed by atoms with Crippen molar-refractivity contribution in [1.82, 2.24) is 20.0 Å². The highest BCUT2D eigenvalue weighted by molar-refractivity contribution is 5.95. The molecule has 4 rings (SSSR count). The van der Waals surface area contributed by atoms with E-state index in [4.69, 9.17) is 0 Å². The van der Waals surface area contributed by atoms with Crippen LogP contribution in [-0.4, -0.2) is 46.8 Å². The number of nitrogens with one attached hydrogen (secondary N) is 1. The van der Waals surface area contributed by atoms with Gasteiger partial charge in [0.2, 0.25) is 0 Å². The second-order valence-electron chi connectivity index (χ2n) is 8.21. The predicted octanol–water partition coefficient (Wildman–Crippen LogP) is 3.77. The Labute approximate surface area is 171 Å². The maximum Gasteiger partial charge on any atom is 0.257 e. The molecule has 0 aliphatic carbocycles. The van der Waals surface area contributed by atoms with Crippen LogP contribution in [0.4, 0.5) is 4.39 Å². The fourth-order valence-corrected chi connectivity index (χ4v) is 4.44. The van der Waals surface area contributed by atoms with Gasteiger partial charge >= 0.3 is 0 Å². The van der Waals surface area contributed by atoms with Crippen LogP contribution in [-0.2, 0) is 0 Å². The maximum atomic E-state index is 13.3. The minimum Gasteiger partial charge on any atom is -0.338 e. The van der Waals surface area contributed by atoms with Gasteiger partial charge in [-0.15, -0.1) is 12.4 Å². The van der Waals surface area contributed by atoms with Gasteiger partial charge in [-0.2, -0.15) is 5.10 Å². The highest BCUT2D eigenvalue weighted by atomic mass is 35.5. The smallest absolute Gasteiger partial charge is 0.257 e. The fraction of sp³-hybridized carbons (Fsp3) is 0.524. The van der Waals surface area contributed by atoms with Crippen LogP contribution in [0.15, 0.2) is 30.5 Å². The zero-order valence-electron chi connectivity index (χ0n) is 16.4. The Kier molecular flexibility index (Phi) is 6.10. The minimum atomic E-state index is -0.281. The predicted molar refractivity (Wildman–Crippen MR) is 110 cm³/mol. The van der Waals surface area contributed by atoms with E-state index in [0.717, 1.165) is 50.4 Å². The normalized spacial score (nSPS) is 18.5. The van der Waals surface area contributed by atoms with E-state index in [9.17, 15) is 9.18 Å². The van der Waals surface area contributed by atoms with Gasteiger partial charge in [0.15, 0.2) is 0 Å². The summed E-state index contributed by atoms with van der Waals surface area (Å²) in [6.45, 7) is 7.90. The van der Waals surface area contributed by atoms with Crippen molar-refractivity contribution in [1.29, 1.82) is 0 Å². The molecule has 3 heterocycles. The summed E-state index contributed by atoms with van der Waals surface area (Å²) in [5, 5.41) is 7.93. The largest absolute Gasteiger partial charge is 0.338 e. The Morgan fingerprint density at radius 3 is 2.43 bits per heavy atom. The number of piperidine rings is 1. The molecule has 2 aromatic rings. The summed E-state index contributed by atoms with van der Waals surface area (Å²) in [7, 11) is 0. The van der Waals surface area contributed by atoms with Gasteiger partial charge in [-0.3, -0.25) is 4.79 Å². The third-order valence-electron chi connectivity index (χ3n) is 6.10. The van der Waals surface area contributed by atoms with Crippen molar-refractivity contribution in [3.8, 4) is 5.69 Å². The van der Waals surface area contributed by atoms with Crippen LogP contribution < -0.4 is 5.32 Å². The molecule has 5 nitrogen and oxygen atoms in total. The van der Waals surface area contributed by atoms with Gasteiger partial charge in [0.1, 0.15) is 5.82 Å². The van der Waals surface area contributed by atoms with Gasteiger partial charge in [-0.1, -0.05) is 13.8 Å². The van der Waals surface area contributed by atoms with E-state index >= 15 is 0 Å². The Hall–Kier alpha value is -1.92. The standard InChI is InChI=1S/C21H27FN4O.ClH/c1-15(2)19-18(13-24-26(19)17-5-3-16(22)4-6-17)20(27)25-11-8-21(9-12-25)7-10-23-14-21;/h3-6,13,15,23H,7-12,14H2,1-2H3;1H. The van der Waals surface area contributed by atoms with Crippen molar-refractivity contribution in [2.24, 2.45) is 5.41 Å². The van der Waals surface area contributed by atoms with Crippen LogP contribution in [0.5, 0.6) is 0 Å². The first-order chi connectivity index (χ1) is 13.0. The van der Waals surface area contributed by atoms with Gasteiger partial charge in [-0.25, -0.2) is 9.07 Å². The van der Waals surface area contributed by atoms with E-state index in [1.165, 1.54) is 18.6 Å². The molecule has 1 N–H and O–H groups in total. The number of hydrogen-bond donors (Lipinski definition) is 1. The van der Waals surface area contributed by atoms with E-state index in [1.54, 1.807) is 23.0 Å². The summed E-state index contributed by atoms with van der Waals surface area (Å²) in [6.07, 6.45) is 5.01. The molecule has 1 aromatic heterocycles. The van der Waals surface area contributed by atoms with Crippen molar-refractivity contribution < 1.29 is 9.18 Å². The number of nitrogens with zero attached hydrogens (tertiary/aromatic N) is 3. The SMILES string of the molecule is CC(C)c1c(C(=O)N2CCC3(CCNC3)CC2)cnn1-c1ccc(F)cc1.Cl. The number of rotatable bonds is 3. The first-order valence-electron chi connectivity index (χ1n) is 9.83. The van der Waals surface area contributed by atoms with E-state index < -0.39 is 0 Å². The second kappa shape index (κ2) is 8.21.